The molecule has 3 rings (SSSR count). The van der Waals surface area contributed by atoms with Crippen molar-refractivity contribution in [2.75, 3.05) is 0 Å². The second-order valence-electron chi connectivity index (χ2n) is 4.42. The van der Waals surface area contributed by atoms with E-state index in [1.807, 2.05) is 50.4 Å². The quantitative estimate of drug-likeness (QED) is 0.684. The molecular formula is C18H18N2OS. The largest absolute Gasteiger partial charge is 0.299 e. The molecule has 3 aromatic rings. The lowest BCUT2D eigenvalue weighted by molar-refractivity contribution is 0.0985. The van der Waals surface area contributed by atoms with Crippen molar-refractivity contribution in [3.05, 3.63) is 66.5 Å². The number of fused-ring (bicyclic) bond motifs is 1. The van der Waals surface area contributed by atoms with E-state index in [0.29, 0.717) is 5.56 Å². The second kappa shape index (κ2) is 7.61. The summed E-state index contributed by atoms with van der Waals surface area (Å²) in [7, 11) is 0. The Hall–Kier alpha value is -2.33. The van der Waals surface area contributed by atoms with Crippen LogP contribution in [0.2, 0.25) is 0 Å². The van der Waals surface area contributed by atoms with Crippen molar-refractivity contribution in [3.63, 3.8) is 0 Å². The maximum atomic E-state index is 11.5. The summed E-state index contributed by atoms with van der Waals surface area (Å²) in [4.78, 5) is 15.6. The van der Waals surface area contributed by atoms with E-state index in [1.165, 1.54) is 0 Å². The third-order valence-corrected chi connectivity index (χ3v) is 3.44. The van der Waals surface area contributed by atoms with E-state index in [-0.39, 0.29) is 5.91 Å². The smallest absolute Gasteiger partial charge is 0.260 e. The molecule has 0 atom stereocenters. The molecule has 1 aromatic heterocycles. The zero-order valence-corrected chi connectivity index (χ0v) is 13.5. The van der Waals surface area contributed by atoms with E-state index < -0.39 is 0 Å². The van der Waals surface area contributed by atoms with Gasteiger partial charge in [-0.25, -0.2) is 0 Å². The number of pyridine rings is 1. The number of thiol groups is 1. The summed E-state index contributed by atoms with van der Waals surface area (Å²) in [6.45, 7) is 4.00. The van der Waals surface area contributed by atoms with Gasteiger partial charge in [-0.05, 0) is 34.7 Å². The lowest BCUT2D eigenvalue weighted by Crippen LogP contribution is -2.11. The summed E-state index contributed by atoms with van der Waals surface area (Å²) in [5.41, 5.74) is 2.78. The Morgan fingerprint density at radius 3 is 2.45 bits per heavy atom. The van der Waals surface area contributed by atoms with Crippen LogP contribution in [0.3, 0.4) is 0 Å². The first kappa shape index (κ1) is 16.0. The summed E-state index contributed by atoms with van der Waals surface area (Å²) < 4.78 is 2.32. The maximum absolute atomic E-state index is 11.5. The fourth-order valence-electron chi connectivity index (χ4n) is 2.24. The molecule has 0 unspecified atom stereocenters. The normalized spacial score (nSPS) is 9.77. The molecule has 4 heteroatoms. The molecule has 0 bridgehead atoms. The van der Waals surface area contributed by atoms with Crippen LogP contribution in [-0.4, -0.2) is 10.9 Å². The summed E-state index contributed by atoms with van der Waals surface area (Å²) >= 11 is 3.76. The fourth-order valence-corrected chi connectivity index (χ4v) is 2.37. The number of hydrogen-bond acceptors (Lipinski definition) is 3. The van der Waals surface area contributed by atoms with Crippen LogP contribution >= 0.6 is 12.8 Å². The zero-order valence-electron chi connectivity index (χ0n) is 12.6. The predicted octanol–water partition coefficient (Wildman–Crippen LogP) is 4.50. The highest BCUT2D eigenvalue weighted by molar-refractivity contribution is 7.78. The standard InChI is InChI=1S/C16H12N2OS.C2H6/c19-16(18-20)12-6-4-11(5-7-12)14-3-1-2-13-10-17-9-8-15(13)14;1-2/h1-10,20H,(H,18,19);1-2H3. The maximum Gasteiger partial charge on any atom is 0.260 e. The van der Waals surface area contributed by atoms with Crippen LogP contribution in [0.5, 0.6) is 0 Å². The summed E-state index contributed by atoms with van der Waals surface area (Å²) in [6, 6.07) is 15.6. The first-order valence-corrected chi connectivity index (χ1v) is 7.62. The van der Waals surface area contributed by atoms with Gasteiger partial charge >= 0.3 is 0 Å². The Bertz CT molecular complexity index is 764. The van der Waals surface area contributed by atoms with Gasteiger partial charge in [0.15, 0.2) is 0 Å². The highest BCUT2D eigenvalue weighted by atomic mass is 32.1. The molecule has 0 fully saturated rings. The Balaban J connectivity index is 0.000000847. The highest BCUT2D eigenvalue weighted by Crippen LogP contribution is 2.28. The number of aromatic nitrogens is 1. The van der Waals surface area contributed by atoms with Gasteiger partial charge in [-0.3, -0.25) is 14.5 Å². The van der Waals surface area contributed by atoms with E-state index in [9.17, 15) is 4.79 Å². The average Bonchev–Trinajstić information content (AvgIpc) is 2.62. The van der Waals surface area contributed by atoms with Crippen LogP contribution in [0.1, 0.15) is 24.2 Å². The lowest BCUT2D eigenvalue weighted by Gasteiger charge is -2.07. The van der Waals surface area contributed by atoms with Crippen molar-refractivity contribution in [3.8, 4) is 11.1 Å². The van der Waals surface area contributed by atoms with Crippen molar-refractivity contribution < 1.29 is 4.79 Å². The van der Waals surface area contributed by atoms with Gasteiger partial charge in [-0.1, -0.05) is 57.0 Å². The van der Waals surface area contributed by atoms with Crippen molar-refractivity contribution in [2.45, 2.75) is 13.8 Å². The summed E-state index contributed by atoms with van der Waals surface area (Å²) in [5.74, 6) is -0.206. The Kier molecular flexibility index (Phi) is 5.55. The Labute approximate surface area is 135 Å². The minimum Gasteiger partial charge on any atom is -0.299 e. The molecule has 0 aliphatic heterocycles. The van der Waals surface area contributed by atoms with Gasteiger partial charge in [0.2, 0.25) is 0 Å². The van der Waals surface area contributed by atoms with Crippen molar-refractivity contribution in [1.82, 2.24) is 9.71 Å². The molecule has 1 amide bonds. The molecule has 1 heterocycles. The molecule has 0 saturated heterocycles. The van der Waals surface area contributed by atoms with Gasteiger partial charge in [-0.2, -0.15) is 0 Å². The first-order valence-electron chi connectivity index (χ1n) is 7.17. The third kappa shape index (κ3) is 3.28. The van der Waals surface area contributed by atoms with E-state index >= 15 is 0 Å². The summed E-state index contributed by atoms with van der Waals surface area (Å²) in [6.07, 6.45) is 3.64. The van der Waals surface area contributed by atoms with E-state index in [2.05, 4.69) is 28.6 Å². The topological polar surface area (TPSA) is 42.0 Å². The minimum absolute atomic E-state index is 0.206. The number of hydrogen-bond donors (Lipinski definition) is 2. The summed E-state index contributed by atoms with van der Waals surface area (Å²) in [5, 5.41) is 2.25. The fraction of sp³-hybridized carbons (Fsp3) is 0.111. The molecule has 1 N–H and O–H groups in total. The van der Waals surface area contributed by atoms with Gasteiger partial charge in [0.05, 0.1) is 0 Å². The van der Waals surface area contributed by atoms with Gasteiger partial charge in [-0.15, -0.1) is 0 Å². The molecular weight excluding hydrogens is 292 g/mol. The Morgan fingerprint density at radius 1 is 1.05 bits per heavy atom. The molecule has 0 saturated carbocycles. The SMILES string of the molecule is CC.O=C(NS)c1ccc(-c2cccc3cnccc23)cc1. The van der Waals surface area contributed by atoms with Crippen LogP contribution in [0.25, 0.3) is 21.9 Å². The number of nitrogens with one attached hydrogen (secondary N) is 1. The number of carbonyl (C=O) groups excluding carboxylic acids is 1. The lowest BCUT2D eigenvalue weighted by atomic mass is 9.98. The van der Waals surface area contributed by atoms with E-state index in [1.54, 1.807) is 18.3 Å². The molecule has 0 spiro atoms. The number of carbonyl (C=O) groups is 1. The number of rotatable bonds is 2. The van der Waals surface area contributed by atoms with Gasteiger partial charge in [0, 0.05) is 23.3 Å². The molecule has 3 nitrogen and oxygen atoms in total. The highest BCUT2D eigenvalue weighted by Gasteiger charge is 2.06. The van der Waals surface area contributed by atoms with E-state index in [0.717, 1.165) is 21.9 Å². The van der Waals surface area contributed by atoms with Crippen molar-refractivity contribution >= 4 is 29.5 Å². The van der Waals surface area contributed by atoms with Crippen LogP contribution < -0.4 is 4.72 Å². The van der Waals surface area contributed by atoms with Crippen LogP contribution in [0, 0.1) is 0 Å². The Morgan fingerprint density at radius 2 is 1.77 bits per heavy atom. The van der Waals surface area contributed by atoms with Crippen LogP contribution in [-0.2, 0) is 0 Å². The molecule has 22 heavy (non-hydrogen) atoms. The monoisotopic (exact) mass is 310 g/mol. The van der Waals surface area contributed by atoms with Gasteiger partial charge < -0.3 is 0 Å². The van der Waals surface area contributed by atoms with Crippen LogP contribution in [0.15, 0.2) is 60.9 Å². The average molecular weight is 310 g/mol. The molecule has 0 radical (unpaired) electrons. The second-order valence-corrected chi connectivity index (χ2v) is 4.64. The first-order chi connectivity index (χ1) is 10.8. The zero-order chi connectivity index (χ0) is 15.9. The van der Waals surface area contributed by atoms with Crippen molar-refractivity contribution in [1.29, 1.82) is 0 Å². The molecule has 0 aliphatic carbocycles. The number of nitrogens with zero attached hydrogens (tertiary/aromatic N) is 1. The number of benzene rings is 2. The van der Waals surface area contributed by atoms with Crippen molar-refractivity contribution in [2.24, 2.45) is 0 Å². The molecule has 112 valence electrons. The molecule has 0 aliphatic rings. The van der Waals surface area contributed by atoms with E-state index in [4.69, 9.17) is 0 Å². The predicted molar refractivity (Wildman–Crippen MR) is 95.0 cm³/mol. The number of amides is 1. The minimum atomic E-state index is -0.206. The molecule has 2 aromatic carbocycles. The van der Waals surface area contributed by atoms with Gasteiger partial charge in [0.25, 0.3) is 5.91 Å². The van der Waals surface area contributed by atoms with Gasteiger partial charge in [0.1, 0.15) is 0 Å². The third-order valence-electron chi connectivity index (χ3n) is 3.24. The van der Waals surface area contributed by atoms with Crippen LogP contribution in [0.4, 0.5) is 0 Å².